The van der Waals surface area contributed by atoms with E-state index in [9.17, 15) is 2.74 Å². The second kappa shape index (κ2) is 10.4. The van der Waals surface area contributed by atoms with Gasteiger partial charge in [-0.15, -0.1) is 11.3 Å². The maximum atomic E-state index is 15.3. The Labute approximate surface area is 279 Å². The molecule has 0 aliphatic heterocycles. The van der Waals surface area contributed by atoms with Gasteiger partial charge in [0.2, 0.25) is 0 Å². The molecule has 1 heterocycles. The monoisotopic (exact) mass is 630 g/mol. The molecule has 47 heavy (non-hydrogen) atoms. The number of rotatable bonds is 5. The molecule has 8 aromatic rings. The van der Waals surface area contributed by atoms with Crippen molar-refractivity contribution in [2.75, 3.05) is 0 Å². The summed E-state index contributed by atoms with van der Waals surface area (Å²) in [5, 5.41) is 6.75. The Morgan fingerprint density at radius 1 is 0.596 bits per heavy atom. The molecule has 3 heteroatoms. The molecule has 7 aromatic carbocycles. The lowest BCUT2D eigenvalue weighted by Gasteiger charge is -2.22. The third kappa shape index (κ3) is 4.37. The van der Waals surface area contributed by atoms with Gasteiger partial charge in [-0.05, 0) is 103 Å². The predicted octanol–water partition coefficient (Wildman–Crippen LogP) is 12.6. The molecule has 1 aliphatic rings. The summed E-state index contributed by atoms with van der Waals surface area (Å²) < 4.78 is 51.1. The van der Waals surface area contributed by atoms with E-state index in [0.717, 1.165) is 36.7 Å². The molecule has 0 fully saturated rings. The zero-order valence-corrected chi connectivity index (χ0v) is 26.7. The molecule has 0 N–H and O–H groups in total. The highest BCUT2D eigenvalue weighted by Gasteiger charge is 2.34. The van der Waals surface area contributed by atoms with Gasteiger partial charge in [0.15, 0.2) is 0 Å². The van der Waals surface area contributed by atoms with Gasteiger partial charge in [-0.1, -0.05) is 111 Å². The second-order valence-corrected chi connectivity index (χ2v) is 14.1. The molecule has 0 unspecified atom stereocenters. The van der Waals surface area contributed by atoms with Gasteiger partial charge >= 0.3 is 0 Å². The first-order valence-corrected chi connectivity index (χ1v) is 16.7. The fraction of sp³-hybridized carbons (Fsp3) is 0.0909. The van der Waals surface area contributed by atoms with Crippen molar-refractivity contribution in [3.05, 3.63) is 178 Å². The van der Waals surface area contributed by atoms with E-state index in [1.807, 2.05) is 42.5 Å². The summed E-state index contributed by atoms with van der Waals surface area (Å²) in [6, 6.07) is 40.3. The Bertz CT molecular complexity index is 2660. The quantitative estimate of drug-likeness (QED) is 0.101. The van der Waals surface area contributed by atoms with Crippen LogP contribution < -0.4 is 0 Å². The van der Waals surface area contributed by atoms with E-state index < -0.39 is 5.92 Å². The van der Waals surface area contributed by atoms with Crippen molar-refractivity contribution in [2.45, 2.75) is 25.2 Å². The van der Waals surface area contributed by atoms with Gasteiger partial charge in [-0.2, -0.15) is 0 Å². The fourth-order valence-electron chi connectivity index (χ4n) is 7.62. The standard InChI is InChI=1S/C44H30F2S/c1-44(2)35-11-7-8-28-17-18-29-22-27(24-36(44)43(29)42(28)35)15-14-26-16-20-39-33(23-26)34-25-30(19-21-40(34)47-39)41(31-9-3-5-12-37(31)45)32-10-4-6-13-38(32)46/h3-25,41H,1-2H3/b15-14+/i14D,15D. The first-order chi connectivity index (χ1) is 23.7. The van der Waals surface area contributed by atoms with Gasteiger partial charge in [-0.25, -0.2) is 8.78 Å². The molecule has 0 amide bonds. The average Bonchev–Trinajstić information content (AvgIpc) is 3.60. The Hall–Kier alpha value is -5.12. The molecular weight excluding hydrogens is 599 g/mol. The number of thiophene rings is 1. The van der Waals surface area contributed by atoms with Gasteiger partial charge in [0.05, 0.1) is 2.74 Å². The lowest BCUT2D eigenvalue weighted by molar-refractivity contribution is 0.587. The lowest BCUT2D eigenvalue weighted by atomic mass is 9.81. The van der Waals surface area contributed by atoms with Crippen LogP contribution in [0.1, 0.15) is 61.5 Å². The van der Waals surface area contributed by atoms with Crippen molar-refractivity contribution in [1.82, 2.24) is 0 Å². The van der Waals surface area contributed by atoms with E-state index in [1.165, 1.54) is 39.4 Å². The highest BCUT2D eigenvalue weighted by Crippen LogP contribution is 2.49. The summed E-state index contributed by atoms with van der Waals surface area (Å²) in [6.45, 7) is 4.48. The van der Waals surface area contributed by atoms with E-state index >= 15 is 8.78 Å². The second-order valence-electron chi connectivity index (χ2n) is 13.0. The largest absolute Gasteiger partial charge is 0.207 e. The molecule has 0 nitrogen and oxygen atoms in total. The molecule has 1 aliphatic carbocycles. The molecule has 0 bridgehead atoms. The van der Waals surface area contributed by atoms with E-state index in [0.29, 0.717) is 16.7 Å². The van der Waals surface area contributed by atoms with Crippen LogP contribution in [0.4, 0.5) is 8.78 Å². The Morgan fingerprint density at radius 3 is 1.98 bits per heavy atom. The zero-order chi connectivity index (χ0) is 33.6. The highest BCUT2D eigenvalue weighted by atomic mass is 32.1. The number of hydrogen-bond acceptors (Lipinski definition) is 1. The summed E-state index contributed by atoms with van der Waals surface area (Å²) in [4.78, 5) is 0. The number of halogens is 2. The number of benzene rings is 7. The van der Waals surface area contributed by atoms with Gasteiger partial charge in [0, 0.05) is 31.5 Å². The van der Waals surface area contributed by atoms with E-state index in [2.05, 4.69) is 50.2 Å². The van der Waals surface area contributed by atoms with Crippen molar-refractivity contribution < 1.29 is 11.5 Å². The SMILES string of the molecule is [2H]/C(=C(/[2H])c1ccc2sc3ccc(C(c4ccccc4F)c4ccccc4F)cc3c2c1)c1cc2c3c(ccc4cccc(c43)C2(C)C)c1. The molecule has 0 spiro atoms. The van der Waals surface area contributed by atoms with Crippen LogP contribution in [-0.2, 0) is 5.41 Å². The van der Waals surface area contributed by atoms with Crippen molar-refractivity contribution in [1.29, 1.82) is 0 Å². The maximum absolute atomic E-state index is 15.3. The Kier molecular flexibility index (Phi) is 5.78. The predicted molar refractivity (Wildman–Crippen MR) is 196 cm³/mol. The molecule has 0 radical (unpaired) electrons. The van der Waals surface area contributed by atoms with Crippen LogP contribution in [0.2, 0.25) is 0 Å². The summed E-state index contributed by atoms with van der Waals surface area (Å²) in [5.41, 5.74) is 5.25. The lowest BCUT2D eigenvalue weighted by Crippen LogP contribution is -2.15. The first kappa shape index (κ1) is 26.0. The number of hydrogen-bond donors (Lipinski definition) is 0. The Morgan fingerprint density at radius 2 is 1.23 bits per heavy atom. The first-order valence-electron chi connectivity index (χ1n) is 16.8. The fourth-order valence-corrected chi connectivity index (χ4v) is 8.68. The normalized spacial score (nSPS) is 14.8. The van der Waals surface area contributed by atoms with Gasteiger partial charge in [-0.3, -0.25) is 0 Å². The van der Waals surface area contributed by atoms with Crippen molar-refractivity contribution >= 4 is 65.2 Å². The summed E-state index contributed by atoms with van der Waals surface area (Å²) in [6.07, 6.45) is 0. The summed E-state index contributed by atoms with van der Waals surface area (Å²) >= 11 is 1.64. The van der Waals surface area contributed by atoms with Crippen LogP contribution in [0, 0.1) is 11.6 Å². The zero-order valence-electron chi connectivity index (χ0n) is 27.9. The van der Waals surface area contributed by atoms with Crippen LogP contribution in [0.3, 0.4) is 0 Å². The van der Waals surface area contributed by atoms with Crippen molar-refractivity contribution in [2.24, 2.45) is 0 Å². The molecule has 1 aromatic heterocycles. The van der Waals surface area contributed by atoms with E-state index in [-0.39, 0.29) is 29.2 Å². The molecular formula is C44H30F2S. The minimum absolute atomic E-state index is 0.147. The average molecular weight is 631 g/mol. The van der Waals surface area contributed by atoms with Crippen LogP contribution in [0.5, 0.6) is 0 Å². The molecule has 0 saturated heterocycles. The van der Waals surface area contributed by atoms with Gasteiger partial charge < -0.3 is 0 Å². The van der Waals surface area contributed by atoms with E-state index in [1.54, 1.807) is 47.7 Å². The third-order valence-corrected chi connectivity index (χ3v) is 11.1. The van der Waals surface area contributed by atoms with Crippen LogP contribution in [0.15, 0.2) is 127 Å². The van der Waals surface area contributed by atoms with Crippen molar-refractivity contribution in [3.63, 3.8) is 0 Å². The molecule has 9 rings (SSSR count). The summed E-state index contributed by atoms with van der Waals surface area (Å²) in [7, 11) is 0. The van der Waals surface area contributed by atoms with Crippen LogP contribution in [-0.4, -0.2) is 0 Å². The van der Waals surface area contributed by atoms with Gasteiger partial charge in [0.1, 0.15) is 11.6 Å². The third-order valence-electron chi connectivity index (χ3n) is 9.91. The van der Waals surface area contributed by atoms with Crippen LogP contribution in [0.25, 0.3) is 53.8 Å². The summed E-state index contributed by atoms with van der Waals surface area (Å²) in [5.74, 6) is -1.41. The van der Waals surface area contributed by atoms with Crippen LogP contribution >= 0.6 is 11.3 Å². The maximum Gasteiger partial charge on any atom is 0.127 e. The highest BCUT2D eigenvalue weighted by molar-refractivity contribution is 7.25. The van der Waals surface area contributed by atoms with Gasteiger partial charge in [0.25, 0.3) is 0 Å². The Balaban J connectivity index is 1.18. The molecule has 226 valence electrons. The minimum Gasteiger partial charge on any atom is -0.207 e. The van der Waals surface area contributed by atoms with Crippen molar-refractivity contribution in [3.8, 4) is 0 Å². The smallest absolute Gasteiger partial charge is 0.127 e. The van der Waals surface area contributed by atoms with E-state index in [4.69, 9.17) is 0 Å². The topological polar surface area (TPSA) is 0 Å². The number of fused-ring (bicyclic) bond motifs is 3. The molecule has 0 saturated carbocycles. The minimum atomic E-state index is -0.641. The molecule has 0 atom stereocenters.